The lowest BCUT2D eigenvalue weighted by molar-refractivity contribution is -0.121. The van der Waals surface area contributed by atoms with Crippen LogP contribution in [-0.2, 0) is 9.53 Å². The first-order valence-electron chi connectivity index (χ1n) is 7.78. The van der Waals surface area contributed by atoms with Crippen LogP contribution in [0.1, 0.15) is 17.3 Å². The van der Waals surface area contributed by atoms with E-state index >= 15 is 0 Å². The van der Waals surface area contributed by atoms with E-state index in [2.05, 4.69) is 4.98 Å². The summed E-state index contributed by atoms with van der Waals surface area (Å²) in [5.74, 6) is -1.07. The number of anilines is 1. The number of ether oxygens (including phenoxy) is 1. The summed E-state index contributed by atoms with van der Waals surface area (Å²) in [4.78, 5) is 30.6. The quantitative estimate of drug-likeness (QED) is 0.568. The fourth-order valence-corrected chi connectivity index (χ4v) is 3.76. The van der Waals surface area contributed by atoms with Crippen LogP contribution in [-0.4, -0.2) is 30.0 Å². The van der Waals surface area contributed by atoms with Crippen LogP contribution in [0.2, 0.25) is 10.0 Å². The van der Waals surface area contributed by atoms with E-state index in [0.29, 0.717) is 11.7 Å². The van der Waals surface area contributed by atoms with Gasteiger partial charge in [0.25, 0.3) is 5.91 Å². The number of hydrogen-bond acceptors (Lipinski definition) is 5. The molecular weight excluding hydrogens is 395 g/mol. The first-order chi connectivity index (χ1) is 12.5. The zero-order valence-corrected chi connectivity index (χ0v) is 16.1. The molecule has 0 saturated heterocycles. The molecule has 0 spiro atoms. The minimum absolute atomic E-state index is 0.102. The average Bonchev–Trinajstić information content (AvgIpc) is 3.06. The molecule has 1 heterocycles. The summed E-state index contributed by atoms with van der Waals surface area (Å²) in [7, 11) is 0. The zero-order valence-electron chi connectivity index (χ0n) is 13.7. The fourth-order valence-electron chi connectivity index (χ4n) is 2.34. The van der Waals surface area contributed by atoms with E-state index in [1.54, 1.807) is 12.1 Å². The number of carbonyl (C=O) groups excluding carboxylic acids is 2. The molecule has 0 aliphatic carbocycles. The van der Waals surface area contributed by atoms with Gasteiger partial charge in [-0.15, -0.1) is 0 Å². The van der Waals surface area contributed by atoms with Gasteiger partial charge in [0.05, 0.1) is 25.8 Å². The highest BCUT2D eigenvalue weighted by Crippen LogP contribution is 2.29. The van der Waals surface area contributed by atoms with E-state index in [-0.39, 0.29) is 21.5 Å². The fraction of sp³-hybridized carbons (Fsp3) is 0.167. The average molecular weight is 409 g/mol. The number of para-hydroxylation sites is 1. The van der Waals surface area contributed by atoms with Gasteiger partial charge in [-0.3, -0.25) is 9.69 Å². The van der Waals surface area contributed by atoms with Crippen molar-refractivity contribution >= 4 is 61.8 Å². The van der Waals surface area contributed by atoms with E-state index in [1.165, 1.54) is 22.3 Å². The molecule has 8 heteroatoms. The molecule has 1 aromatic heterocycles. The topological polar surface area (TPSA) is 59.5 Å². The molecule has 5 nitrogen and oxygen atoms in total. The minimum Gasteiger partial charge on any atom is -0.452 e. The second-order valence-corrected chi connectivity index (χ2v) is 7.07. The number of aromatic nitrogens is 1. The molecule has 26 heavy (non-hydrogen) atoms. The Kier molecular flexibility index (Phi) is 5.76. The summed E-state index contributed by atoms with van der Waals surface area (Å²) in [6.07, 6.45) is 0. The van der Waals surface area contributed by atoms with Crippen molar-refractivity contribution in [1.82, 2.24) is 4.98 Å². The van der Waals surface area contributed by atoms with Gasteiger partial charge < -0.3 is 4.74 Å². The van der Waals surface area contributed by atoms with Crippen LogP contribution in [0.3, 0.4) is 0 Å². The van der Waals surface area contributed by atoms with Gasteiger partial charge >= 0.3 is 5.97 Å². The lowest BCUT2D eigenvalue weighted by Crippen LogP contribution is -2.34. The lowest BCUT2D eigenvalue weighted by Gasteiger charge is -2.17. The third-order valence-electron chi connectivity index (χ3n) is 3.63. The van der Waals surface area contributed by atoms with Gasteiger partial charge in [0.2, 0.25) is 0 Å². The highest BCUT2D eigenvalue weighted by atomic mass is 35.5. The minimum atomic E-state index is -0.703. The van der Waals surface area contributed by atoms with Crippen LogP contribution in [0.5, 0.6) is 0 Å². The molecular formula is C18H14Cl2N2O3S. The van der Waals surface area contributed by atoms with E-state index in [9.17, 15) is 9.59 Å². The van der Waals surface area contributed by atoms with Crippen LogP contribution in [0.15, 0.2) is 42.5 Å². The normalized spacial score (nSPS) is 10.7. The Labute approximate surface area is 164 Å². The van der Waals surface area contributed by atoms with Crippen molar-refractivity contribution in [3.05, 3.63) is 58.1 Å². The smallest absolute Gasteiger partial charge is 0.340 e. The number of benzene rings is 2. The first kappa shape index (κ1) is 18.6. The SMILES string of the molecule is CCN(C(=O)COC(=O)c1cccc(Cl)c1Cl)c1nc2ccccc2s1. The Hall–Kier alpha value is -2.15. The molecule has 0 aliphatic heterocycles. The van der Waals surface area contributed by atoms with Crippen molar-refractivity contribution in [3.8, 4) is 0 Å². The van der Waals surface area contributed by atoms with E-state index in [1.807, 2.05) is 31.2 Å². The molecule has 1 amide bonds. The number of amides is 1. The van der Waals surface area contributed by atoms with Crippen LogP contribution in [0.25, 0.3) is 10.2 Å². The second-order valence-electron chi connectivity index (χ2n) is 5.28. The summed E-state index contributed by atoms with van der Waals surface area (Å²) >= 11 is 13.3. The second kappa shape index (κ2) is 8.03. The summed E-state index contributed by atoms with van der Waals surface area (Å²) < 4.78 is 6.09. The number of likely N-dealkylation sites (N-methyl/N-ethyl adjacent to an activating group) is 1. The van der Waals surface area contributed by atoms with Crippen molar-refractivity contribution < 1.29 is 14.3 Å². The van der Waals surface area contributed by atoms with E-state index in [4.69, 9.17) is 27.9 Å². The third-order valence-corrected chi connectivity index (χ3v) is 5.51. The molecule has 0 aliphatic rings. The van der Waals surface area contributed by atoms with Crippen molar-refractivity contribution in [3.63, 3.8) is 0 Å². The molecule has 0 N–H and O–H groups in total. The Balaban J connectivity index is 1.71. The van der Waals surface area contributed by atoms with E-state index < -0.39 is 12.6 Å². The largest absolute Gasteiger partial charge is 0.452 e. The van der Waals surface area contributed by atoms with Crippen molar-refractivity contribution in [2.24, 2.45) is 0 Å². The van der Waals surface area contributed by atoms with Gasteiger partial charge in [0.15, 0.2) is 11.7 Å². The summed E-state index contributed by atoms with van der Waals surface area (Å²) in [6.45, 7) is 1.83. The summed E-state index contributed by atoms with van der Waals surface area (Å²) in [5.41, 5.74) is 0.941. The summed E-state index contributed by atoms with van der Waals surface area (Å²) in [6, 6.07) is 12.3. The lowest BCUT2D eigenvalue weighted by atomic mass is 10.2. The number of esters is 1. The van der Waals surface area contributed by atoms with Crippen LogP contribution < -0.4 is 4.90 Å². The van der Waals surface area contributed by atoms with Crippen LogP contribution in [0, 0.1) is 0 Å². The van der Waals surface area contributed by atoms with Gasteiger partial charge in [0.1, 0.15) is 0 Å². The molecule has 2 aromatic carbocycles. The zero-order chi connectivity index (χ0) is 18.7. The molecule has 0 radical (unpaired) electrons. The van der Waals surface area contributed by atoms with Gasteiger partial charge in [-0.25, -0.2) is 9.78 Å². The maximum Gasteiger partial charge on any atom is 0.340 e. The van der Waals surface area contributed by atoms with Gasteiger partial charge in [-0.1, -0.05) is 52.7 Å². The number of fused-ring (bicyclic) bond motifs is 1. The number of rotatable bonds is 5. The molecule has 3 rings (SSSR count). The number of carbonyl (C=O) groups is 2. The predicted octanol–water partition coefficient (Wildman–Crippen LogP) is 4.81. The van der Waals surface area contributed by atoms with Crippen molar-refractivity contribution in [2.45, 2.75) is 6.92 Å². The van der Waals surface area contributed by atoms with Crippen molar-refractivity contribution in [2.75, 3.05) is 18.1 Å². The molecule has 0 saturated carbocycles. The number of hydrogen-bond donors (Lipinski definition) is 0. The highest BCUT2D eigenvalue weighted by Gasteiger charge is 2.21. The molecule has 0 bridgehead atoms. The van der Waals surface area contributed by atoms with Crippen molar-refractivity contribution in [1.29, 1.82) is 0 Å². The number of thiazole rings is 1. The molecule has 3 aromatic rings. The number of halogens is 2. The maximum absolute atomic E-state index is 12.5. The third kappa shape index (κ3) is 3.82. The maximum atomic E-state index is 12.5. The van der Waals surface area contributed by atoms with Gasteiger partial charge in [-0.2, -0.15) is 0 Å². The molecule has 134 valence electrons. The molecule has 0 atom stereocenters. The first-order valence-corrected chi connectivity index (χ1v) is 9.35. The monoisotopic (exact) mass is 408 g/mol. The standard InChI is InChI=1S/C18H14Cl2N2O3S/c1-2-22(18-21-13-8-3-4-9-14(13)26-18)15(23)10-25-17(24)11-6-5-7-12(19)16(11)20/h3-9H,2,10H2,1H3. The molecule has 0 unspecified atom stereocenters. The summed E-state index contributed by atoms with van der Waals surface area (Å²) in [5, 5.41) is 0.915. The predicted molar refractivity (Wildman–Crippen MR) is 104 cm³/mol. The van der Waals surface area contributed by atoms with Gasteiger partial charge in [0, 0.05) is 6.54 Å². The Bertz CT molecular complexity index is 941. The highest BCUT2D eigenvalue weighted by molar-refractivity contribution is 7.22. The Morgan fingerprint density at radius 2 is 1.92 bits per heavy atom. The van der Waals surface area contributed by atoms with Crippen LogP contribution >= 0.6 is 34.5 Å². The molecule has 0 fully saturated rings. The Morgan fingerprint density at radius 3 is 2.65 bits per heavy atom. The number of nitrogens with zero attached hydrogens (tertiary/aromatic N) is 2. The van der Waals surface area contributed by atoms with Gasteiger partial charge in [-0.05, 0) is 31.2 Å². The van der Waals surface area contributed by atoms with E-state index in [0.717, 1.165) is 10.2 Å². The Morgan fingerprint density at radius 1 is 1.15 bits per heavy atom. The van der Waals surface area contributed by atoms with Crippen LogP contribution in [0.4, 0.5) is 5.13 Å².